The fourth-order valence-corrected chi connectivity index (χ4v) is 2.47. The molecule has 0 amide bonds. The monoisotopic (exact) mass is 216 g/mol. The van der Waals surface area contributed by atoms with E-state index in [4.69, 9.17) is 5.73 Å². The van der Waals surface area contributed by atoms with Gasteiger partial charge in [-0.05, 0) is 43.7 Å². The van der Waals surface area contributed by atoms with E-state index in [-0.39, 0.29) is 0 Å². The molecule has 1 fully saturated rings. The maximum atomic E-state index is 5.80. The molecule has 0 bridgehead atoms. The summed E-state index contributed by atoms with van der Waals surface area (Å²) in [6.45, 7) is 4.29. The van der Waals surface area contributed by atoms with E-state index in [1.165, 1.54) is 37.3 Å². The summed E-state index contributed by atoms with van der Waals surface area (Å²) in [6.07, 6.45) is 4.12. The zero-order valence-corrected chi connectivity index (χ0v) is 10.4. The van der Waals surface area contributed by atoms with Gasteiger partial charge in [0.2, 0.25) is 0 Å². The predicted octanol–water partition coefficient (Wildman–Crippen LogP) is 1.80. The largest absolute Gasteiger partial charge is 0.329 e. The molecule has 1 unspecified atom stereocenters. The topological polar surface area (TPSA) is 29.3 Å². The van der Waals surface area contributed by atoms with Crippen LogP contribution in [0, 0.1) is 5.92 Å². The highest BCUT2D eigenvalue weighted by Gasteiger charge is 2.25. The van der Waals surface area contributed by atoms with E-state index in [1.54, 1.807) is 0 Å². The molecule has 3 heteroatoms. The van der Waals surface area contributed by atoms with Crippen LogP contribution in [-0.2, 0) is 0 Å². The molecule has 1 rings (SSSR count). The van der Waals surface area contributed by atoms with Crippen molar-refractivity contribution in [1.82, 2.24) is 4.90 Å². The zero-order valence-electron chi connectivity index (χ0n) is 9.54. The molecule has 0 heterocycles. The molecule has 2 N–H and O–H groups in total. The first kappa shape index (κ1) is 12.3. The van der Waals surface area contributed by atoms with Gasteiger partial charge in [0.1, 0.15) is 0 Å². The molecule has 1 saturated carbocycles. The molecule has 1 atom stereocenters. The summed E-state index contributed by atoms with van der Waals surface area (Å²) in [5, 5.41) is 0. The normalized spacial score (nSPS) is 18.9. The summed E-state index contributed by atoms with van der Waals surface area (Å²) >= 11 is 2.02. The molecule has 84 valence electrons. The van der Waals surface area contributed by atoms with Crippen molar-refractivity contribution >= 4 is 11.8 Å². The molecule has 0 radical (unpaired) electrons. The number of rotatable bonds is 8. The van der Waals surface area contributed by atoms with Crippen molar-refractivity contribution in [1.29, 1.82) is 0 Å². The van der Waals surface area contributed by atoms with Crippen LogP contribution in [0.3, 0.4) is 0 Å². The molecule has 0 spiro atoms. The molecule has 1 aliphatic rings. The van der Waals surface area contributed by atoms with Gasteiger partial charge in [0, 0.05) is 19.1 Å². The zero-order chi connectivity index (χ0) is 10.4. The second-order valence-corrected chi connectivity index (χ2v) is 5.65. The lowest BCUT2D eigenvalue weighted by molar-refractivity contribution is 0.233. The number of hydrogen-bond acceptors (Lipinski definition) is 3. The van der Waals surface area contributed by atoms with Crippen molar-refractivity contribution in [2.24, 2.45) is 11.7 Å². The quantitative estimate of drug-likeness (QED) is 0.627. The average molecular weight is 216 g/mol. The van der Waals surface area contributed by atoms with Gasteiger partial charge in [-0.3, -0.25) is 0 Å². The minimum atomic E-state index is 0.606. The Hall–Kier alpha value is 0.270. The highest BCUT2D eigenvalue weighted by atomic mass is 32.2. The van der Waals surface area contributed by atoms with Crippen molar-refractivity contribution in [2.45, 2.75) is 32.2 Å². The molecule has 0 aromatic heterocycles. The van der Waals surface area contributed by atoms with Crippen LogP contribution >= 0.6 is 11.8 Å². The Kier molecular flexibility index (Phi) is 5.90. The van der Waals surface area contributed by atoms with Crippen LogP contribution in [0.1, 0.15) is 26.2 Å². The second-order valence-electron chi connectivity index (χ2n) is 4.26. The Balaban J connectivity index is 2.13. The van der Waals surface area contributed by atoms with Gasteiger partial charge in [-0.15, -0.1) is 0 Å². The van der Waals surface area contributed by atoms with Crippen LogP contribution in [0.5, 0.6) is 0 Å². The van der Waals surface area contributed by atoms with Crippen LogP contribution in [-0.4, -0.2) is 42.6 Å². The first-order valence-electron chi connectivity index (χ1n) is 5.76. The van der Waals surface area contributed by atoms with Crippen molar-refractivity contribution < 1.29 is 0 Å². The van der Waals surface area contributed by atoms with E-state index < -0.39 is 0 Å². The van der Waals surface area contributed by atoms with Crippen LogP contribution in [0.2, 0.25) is 0 Å². The van der Waals surface area contributed by atoms with Crippen molar-refractivity contribution in [3.63, 3.8) is 0 Å². The number of thioether (sulfide) groups is 1. The minimum Gasteiger partial charge on any atom is -0.329 e. The van der Waals surface area contributed by atoms with E-state index in [1.807, 2.05) is 11.8 Å². The molecule has 0 aliphatic heterocycles. The highest BCUT2D eigenvalue weighted by Crippen LogP contribution is 2.30. The molecule has 2 nitrogen and oxygen atoms in total. The lowest BCUT2D eigenvalue weighted by Gasteiger charge is -2.26. The van der Waals surface area contributed by atoms with Crippen molar-refractivity contribution in [3.8, 4) is 0 Å². The predicted molar refractivity (Wildman–Crippen MR) is 65.8 cm³/mol. The SMILES string of the molecule is CCSCCC(CN)N(C)CC1CC1. The molecule has 0 saturated heterocycles. The molecule has 14 heavy (non-hydrogen) atoms. The van der Waals surface area contributed by atoms with Gasteiger partial charge < -0.3 is 10.6 Å². The fourth-order valence-electron chi connectivity index (χ4n) is 1.74. The third kappa shape index (κ3) is 4.67. The molecule has 0 aromatic carbocycles. The van der Waals surface area contributed by atoms with Gasteiger partial charge in [0.25, 0.3) is 0 Å². The lowest BCUT2D eigenvalue weighted by atomic mass is 10.2. The van der Waals surface area contributed by atoms with Crippen LogP contribution in [0.15, 0.2) is 0 Å². The fraction of sp³-hybridized carbons (Fsp3) is 1.00. The summed E-state index contributed by atoms with van der Waals surface area (Å²) in [6, 6.07) is 0.606. The summed E-state index contributed by atoms with van der Waals surface area (Å²) in [5.41, 5.74) is 5.80. The standard InChI is InChI=1S/C11H24N2S/c1-3-14-7-6-11(8-12)13(2)9-10-4-5-10/h10-11H,3-9,12H2,1-2H3. The van der Waals surface area contributed by atoms with Gasteiger partial charge in [-0.1, -0.05) is 6.92 Å². The number of likely N-dealkylation sites (N-methyl/N-ethyl adjacent to an activating group) is 1. The summed E-state index contributed by atoms with van der Waals surface area (Å²) < 4.78 is 0. The Morgan fingerprint density at radius 1 is 1.50 bits per heavy atom. The molecular formula is C11H24N2S. The van der Waals surface area contributed by atoms with Crippen molar-refractivity contribution in [2.75, 3.05) is 31.6 Å². The average Bonchev–Trinajstić information content (AvgIpc) is 2.96. The number of nitrogens with zero attached hydrogens (tertiary/aromatic N) is 1. The van der Waals surface area contributed by atoms with Crippen molar-refractivity contribution in [3.05, 3.63) is 0 Å². The van der Waals surface area contributed by atoms with Gasteiger partial charge in [-0.25, -0.2) is 0 Å². The third-order valence-corrected chi connectivity index (χ3v) is 3.87. The van der Waals surface area contributed by atoms with E-state index in [2.05, 4.69) is 18.9 Å². The molecule has 0 aromatic rings. The Bertz CT molecular complexity index is 148. The third-order valence-electron chi connectivity index (χ3n) is 2.94. The smallest absolute Gasteiger partial charge is 0.0223 e. The van der Waals surface area contributed by atoms with Gasteiger partial charge in [0.05, 0.1) is 0 Å². The lowest BCUT2D eigenvalue weighted by Crippen LogP contribution is -2.39. The molecular weight excluding hydrogens is 192 g/mol. The first-order chi connectivity index (χ1) is 6.77. The van der Waals surface area contributed by atoms with E-state index in [0.29, 0.717) is 6.04 Å². The van der Waals surface area contributed by atoms with Crippen LogP contribution < -0.4 is 5.73 Å². The maximum Gasteiger partial charge on any atom is 0.0223 e. The van der Waals surface area contributed by atoms with E-state index in [9.17, 15) is 0 Å². The Morgan fingerprint density at radius 3 is 2.71 bits per heavy atom. The van der Waals surface area contributed by atoms with Gasteiger partial charge >= 0.3 is 0 Å². The summed E-state index contributed by atoms with van der Waals surface area (Å²) in [4.78, 5) is 2.47. The van der Waals surface area contributed by atoms with E-state index in [0.717, 1.165) is 12.5 Å². The van der Waals surface area contributed by atoms with Crippen LogP contribution in [0.4, 0.5) is 0 Å². The summed E-state index contributed by atoms with van der Waals surface area (Å²) in [5.74, 6) is 3.46. The highest BCUT2D eigenvalue weighted by molar-refractivity contribution is 7.99. The number of hydrogen-bond donors (Lipinski definition) is 1. The maximum absolute atomic E-state index is 5.80. The Labute approximate surface area is 92.6 Å². The van der Waals surface area contributed by atoms with E-state index >= 15 is 0 Å². The van der Waals surface area contributed by atoms with Crippen LogP contribution in [0.25, 0.3) is 0 Å². The van der Waals surface area contributed by atoms with Gasteiger partial charge in [0.15, 0.2) is 0 Å². The molecule has 1 aliphatic carbocycles. The first-order valence-corrected chi connectivity index (χ1v) is 6.91. The van der Waals surface area contributed by atoms with Gasteiger partial charge in [-0.2, -0.15) is 11.8 Å². The summed E-state index contributed by atoms with van der Waals surface area (Å²) in [7, 11) is 2.23. The number of nitrogens with two attached hydrogens (primary N) is 1. The second kappa shape index (κ2) is 6.70. The minimum absolute atomic E-state index is 0.606. The Morgan fingerprint density at radius 2 is 2.21 bits per heavy atom.